The number of benzene rings is 1. The van der Waals surface area contributed by atoms with Crippen LogP contribution in [0.2, 0.25) is 0 Å². The molecule has 1 rings (SSSR count). The van der Waals surface area contributed by atoms with Gasteiger partial charge >= 0.3 is 5.97 Å². The number of carbonyl (C=O) groups is 2. The Morgan fingerprint density at radius 1 is 1.19 bits per heavy atom. The van der Waals surface area contributed by atoms with Crippen LogP contribution in [0.25, 0.3) is 0 Å². The second-order valence-corrected chi connectivity index (χ2v) is 5.93. The standard InChI is InChI=1S/C13H18N2O5S/c1-3-20-13(17)8-9-14-21(18,19)12-6-4-11(5-7-12)15-10(2)16/h4-7,14H,3,8-9H2,1-2H3,(H,15,16). The summed E-state index contributed by atoms with van der Waals surface area (Å²) in [5.74, 6) is -0.695. The fourth-order valence-electron chi connectivity index (χ4n) is 1.52. The predicted octanol–water partition coefficient (Wildman–Crippen LogP) is 0.876. The van der Waals surface area contributed by atoms with Crippen molar-refractivity contribution in [3.63, 3.8) is 0 Å². The van der Waals surface area contributed by atoms with Crippen LogP contribution in [0.3, 0.4) is 0 Å². The summed E-state index contributed by atoms with van der Waals surface area (Å²) >= 11 is 0. The van der Waals surface area contributed by atoms with Crippen molar-refractivity contribution in [1.82, 2.24) is 4.72 Å². The minimum atomic E-state index is -3.69. The molecule has 0 unspecified atom stereocenters. The average Bonchev–Trinajstić information content (AvgIpc) is 2.38. The van der Waals surface area contributed by atoms with E-state index in [1.807, 2.05) is 0 Å². The highest BCUT2D eigenvalue weighted by molar-refractivity contribution is 7.89. The summed E-state index contributed by atoms with van der Waals surface area (Å²) in [6.45, 7) is 3.27. The summed E-state index contributed by atoms with van der Waals surface area (Å²) in [5, 5.41) is 2.54. The van der Waals surface area contributed by atoms with Gasteiger partial charge in [-0.25, -0.2) is 13.1 Å². The number of hydrogen-bond acceptors (Lipinski definition) is 5. The Morgan fingerprint density at radius 2 is 1.81 bits per heavy atom. The van der Waals surface area contributed by atoms with Crippen LogP contribution in [0.5, 0.6) is 0 Å². The van der Waals surface area contributed by atoms with E-state index < -0.39 is 16.0 Å². The zero-order valence-electron chi connectivity index (χ0n) is 11.9. The molecule has 0 aliphatic rings. The molecule has 0 aliphatic carbocycles. The molecule has 1 aromatic carbocycles. The molecule has 0 fully saturated rings. The smallest absolute Gasteiger partial charge is 0.307 e. The first kappa shape index (κ1) is 17.1. The van der Waals surface area contributed by atoms with Gasteiger partial charge in [-0.3, -0.25) is 9.59 Å². The molecule has 116 valence electrons. The highest BCUT2D eigenvalue weighted by atomic mass is 32.2. The van der Waals surface area contributed by atoms with E-state index in [9.17, 15) is 18.0 Å². The van der Waals surface area contributed by atoms with Crippen LogP contribution in [-0.4, -0.2) is 33.4 Å². The molecule has 8 heteroatoms. The van der Waals surface area contributed by atoms with E-state index in [2.05, 4.69) is 10.0 Å². The minimum Gasteiger partial charge on any atom is -0.466 e. The van der Waals surface area contributed by atoms with Crippen molar-refractivity contribution in [2.24, 2.45) is 0 Å². The molecule has 0 spiro atoms. The molecule has 7 nitrogen and oxygen atoms in total. The maximum absolute atomic E-state index is 12.0. The van der Waals surface area contributed by atoms with Gasteiger partial charge in [0.1, 0.15) is 0 Å². The zero-order chi connectivity index (χ0) is 15.9. The van der Waals surface area contributed by atoms with Gasteiger partial charge in [0.15, 0.2) is 0 Å². The van der Waals surface area contributed by atoms with Crippen LogP contribution >= 0.6 is 0 Å². The zero-order valence-corrected chi connectivity index (χ0v) is 12.7. The van der Waals surface area contributed by atoms with Crippen molar-refractivity contribution in [1.29, 1.82) is 0 Å². The first-order chi connectivity index (χ1) is 9.85. The Balaban J connectivity index is 2.61. The molecule has 0 bridgehead atoms. The number of sulfonamides is 1. The van der Waals surface area contributed by atoms with Gasteiger partial charge in [0.05, 0.1) is 17.9 Å². The van der Waals surface area contributed by atoms with E-state index in [-0.39, 0.29) is 30.4 Å². The van der Waals surface area contributed by atoms with Crippen LogP contribution in [0.15, 0.2) is 29.2 Å². The molecule has 0 atom stereocenters. The average molecular weight is 314 g/mol. The maximum Gasteiger partial charge on any atom is 0.307 e. The summed E-state index contributed by atoms with van der Waals surface area (Å²) < 4.78 is 30.9. The Bertz CT molecular complexity index is 595. The summed E-state index contributed by atoms with van der Waals surface area (Å²) in [7, 11) is -3.69. The predicted molar refractivity (Wildman–Crippen MR) is 77.2 cm³/mol. The molecule has 2 N–H and O–H groups in total. The number of anilines is 1. The van der Waals surface area contributed by atoms with Gasteiger partial charge in [-0.05, 0) is 31.2 Å². The normalized spacial score (nSPS) is 11.0. The van der Waals surface area contributed by atoms with Gasteiger partial charge in [-0.15, -0.1) is 0 Å². The van der Waals surface area contributed by atoms with E-state index in [0.29, 0.717) is 5.69 Å². The number of esters is 1. The summed E-state index contributed by atoms with van der Waals surface area (Å²) in [6, 6.07) is 5.72. The summed E-state index contributed by atoms with van der Waals surface area (Å²) in [4.78, 5) is 22.0. The Morgan fingerprint density at radius 3 is 2.33 bits per heavy atom. The van der Waals surface area contributed by atoms with E-state index in [1.165, 1.54) is 31.2 Å². The van der Waals surface area contributed by atoms with Crippen molar-refractivity contribution in [3.05, 3.63) is 24.3 Å². The van der Waals surface area contributed by atoms with E-state index in [1.54, 1.807) is 6.92 Å². The second-order valence-electron chi connectivity index (χ2n) is 4.16. The van der Waals surface area contributed by atoms with Crippen molar-refractivity contribution in [2.75, 3.05) is 18.5 Å². The third kappa shape index (κ3) is 5.92. The van der Waals surface area contributed by atoms with Gasteiger partial charge in [0.25, 0.3) is 0 Å². The fraction of sp³-hybridized carbons (Fsp3) is 0.385. The van der Waals surface area contributed by atoms with Crippen LogP contribution < -0.4 is 10.0 Å². The van der Waals surface area contributed by atoms with Crippen LogP contribution in [-0.2, 0) is 24.3 Å². The van der Waals surface area contributed by atoms with Crippen LogP contribution in [0.1, 0.15) is 20.3 Å². The van der Waals surface area contributed by atoms with Gasteiger partial charge in [-0.2, -0.15) is 0 Å². The SMILES string of the molecule is CCOC(=O)CCNS(=O)(=O)c1ccc(NC(C)=O)cc1. The molecule has 0 saturated carbocycles. The van der Waals surface area contributed by atoms with Gasteiger partial charge in [0.2, 0.25) is 15.9 Å². The van der Waals surface area contributed by atoms with E-state index in [4.69, 9.17) is 4.74 Å². The Labute approximate surface area is 123 Å². The lowest BCUT2D eigenvalue weighted by atomic mass is 10.3. The third-order valence-electron chi connectivity index (χ3n) is 2.41. The molecule has 0 heterocycles. The molecule has 1 amide bonds. The van der Waals surface area contributed by atoms with Crippen LogP contribution in [0, 0.1) is 0 Å². The van der Waals surface area contributed by atoms with Crippen LogP contribution in [0.4, 0.5) is 5.69 Å². The van der Waals surface area contributed by atoms with Gasteiger partial charge in [-0.1, -0.05) is 0 Å². The third-order valence-corrected chi connectivity index (χ3v) is 3.89. The number of hydrogen-bond donors (Lipinski definition) is 2. The van der Waals surface area contributed by atoms with Crippen molar-refractivity contribution < 1.29 is 22.7 Å². The quantitative estimate of drug-likeness (QED) is 0.727. The first-order valence-corrected chi connectivity index (χ1v) is 7.86. The largest absolute Gasteiger partial charge is 0.466 e. The lowest BCUT2D eigenvalue weighted by Crippen LogP contribution is -2.26. The highest BCUT2D eigenvalue weighted by Gasteiger charge is 2.14. The van der Waals surface area contributed by atoms with E-state index >= 15 is 0 Å². The van der Waals surface area contributed by atoms with Gasteiger partial charge in [0, 0.05) is 19.2 Å². The van der Waals surface area contributed by atoms with Crippen molar-refractivity contribution in [2.45, 2.75) is 25.2 Å². The lowest BCUT2D eigenvalue weighted by molar-refractivity contribution is -0.142. The number of nitrogens with one attached hydrogen (secondary N) is 2. The number of amides is 1. The number of ether oxygens (including phenoxy) is 1. The molecule has 0 aliphatic heterocycles. The maximum atomic E-state index is 12.0. The molecule has 0 saturated heterocycles. The lowest BCUT2D eigenvalue weighted by Gasteiger charge is -2.08. The summed E-state index contributed by atoms with van der Waals surface area (Å²) in [5.41, 5.74) is 0.507. The Hall–Kier alpha value is -1.93. The molecular formula is C13H18N2O5S. The monoisotopic (exact) mass is 314 g/mol. The van der Waals surface area contributed by atoms with E-state index in [0.717, 1.165) is 0 Å². The number of carbonyl (C=O) groups excluding carboxylic acids is 2. The molecule has 0 aromatic heterocycles. The second kappa shape index (κ2) is 7.75. The fourth-order valence-corrected chi connectivity index (χ4v) is 2.56. The molecular weight excluding hydrogens is 296 g/mol. The Kier molecular flexibility index (Phi) is 6.32. The minimum absolute atomic E-state index is 0.0307. The highest BCUT2D eigenvalue weighted by Crippen LogP contribution is 2.13. The molecule has 21 heavy (non-hydrogen) atoms. The van der Waals surface area contributed by atoms with Gasteiger partial charge < -0.3 is 10.1 Å². The molecule has 0 radical (unpaired) electrons. The summed E-state index contributed by atoms with van der Waals surface area (Å²) in [6.07, 6.45) is -0.0307. The number of rotatable bonds is 7. The van der Waals surface area contributed by atoms with Crippen molar-refractivity contribution >= 4 is 27.6 Å². The topological polar surface area (TPSA) is 102 Å². The first-order valence-electron chi connectivity index (χ1n) is 6.38. The van der Waals surface area contributed by atoms with Crippen molar-refractivity contribution in [3.8, 4) is 0 Å². The molecule has 1 aromatic rings.